The van der Waals surface area contributed by atoms with Crippen LogP contribution in [0.4, 0.5) is 0 Å². The Morgan fingerprint density at radius 2 is 1.89 bits per heavy atom. The minimum absolute atomic E-state index is 0.487. The zero-order valence-corrected chi connectivity index (χ0v) is 6.29. The maximum atomic E-state index is 4.96. The van der Waals surface area contributed by atoms with Gasteiger partial charge in [0.1, 0.15) is 0 Å². The summed E-state index contributed by atoms with van der Waals surface area (Å²) in [6, 6.07) is 10.1. The summed E-state index contributed by atoms with van der Waals surface area (Å²) in [7, 11) is 2.20. The minimum Gasteiger partial charge on any atom is -0.415 e. The monoisotopic (exact) mass is 136 g/mol. The molecule has 1 rings (SSSR count). The van der Waals surface area contributed by atoms with Crippen molar-refractivity contribution in [3.63, 3.8) is 0 Å². The van der Waals surface area contributed by atoms with Crippen LogP contribution in [0.15, 0.2) is 30.3 Å². The van der Waals surface area contributed by atoms with E-state index in [0.717, 1.165) is 0 Å². The van der Waals surface area contributed by atoms with E-state index >= 15 is 0 Å². The van der Waals surface area contributed by atoms with Gasteiger partial charge >= 0.3 is 0 Å². The zero-order chi connectivity index (χ0) is 6.53. The lowest BCUT2D eigenvalue weighted by molar-refractivity contribution is 0.450. The van der Waals surface area contributed by atoms with Crippen molar-refractivity contribution >= 4 is 14.9 Å². The molecular formula is C7H8OSi. The fourth-order valence-electron chi connectivity index (χ4n) is 0.624. The predicted molar refractivity (Wildman–Crippen MR) is 38.8 cm³/mol. The summed E-state index contributed by atoms with van der Waals surface area (Å²) in [5.41, 5.74) is 0. The molecule has 0 unspecified atom stereocenters. The van der Waals surface area contributed by atoms with E-state index in [2.05, 4.69) is 12.1 Å². The summed E-state index contributed by atoms with van der Waals surface area (Å²) in [6.45, 7) is 0. The lowest BCUT2D eigenvalue weighted by Crippen LogP contribution is -2.14. The fraction of sp³-hybridized carbons (Fsp3) is 0.143. The standard InChI is InChI=1S/C7H8OSi/c1-8-9-7-5-3-2-4-6-7/h2-6H,1H3. The van der Waals surface area contributed by atoms with E-state index in [9.17, 15) is 0 Å². The van der Waals surface area contributed by atoms with Crippen LogP contribution >= 0.6 is 0 Å². The highest BCUT2D eigenvalue weighted by atomic mass is 28.2. The first-order chi connectivity index (χ1) is 4.43. The van der Waals surface area contributed by atoms with Crippen molar-refractivity contribution in [1.82, 2.24) is 0 Å². The lowest BCUT2D eigenvalue weighted by atomic mass is 10.4. The number of hydrogen-bond acceptors (Lipinski definition) is 1. The van der Waals surface area contributed by atoms with Crippen molar-refractivity contribution in [1.29, 1.82) is 0 Å². The molecule has 0 aromatic heterocycles. The molecule has 9 heavy (non-hydrogen) atoms. The van der Waals surface area contributed by atoms with Crippen LogP contribution < -0.4 is 5.19 Å². The predicted octanol–water partition coefficient (Wildman–Crippen LogP) is 0.577. The Labute approximate surface area is 57.6 Å². The second-order valence-electron chi connectivity index (χ2n) is 1.67. The third kappa shape index (κ3) is 1.99. The van der Waals surface area contributed by atoms with E-state index in [1.54, 1.807) is 7.11 Å². The molecule has 1 aromatic rings. The average Bonchev–Trinajstić information content (AvgIpc) is 1.91. The Morgan fingerprint density at radius 3 is 2.44 bits per heavy atom. The Bertz CT molecular complexity index is 162. The molecule has 0 aliphatic rings. The topological polar surface area (TPSA) is 9.23 Å². The molecule has 0 N–H and O–H groups in total. The molecule has 2 heteroatoms. The van der Waals surface area contributed by atoms with Crippen LogP contribution in [-0.4, -0.2) is 16.9 Å². The smallest absolute Gasteiger partial charge is 0.268 e. The Morgan fingerprint density at radius 1 is 1.22 bits per heavy atom. The molecule has 0 saturated heterocycles. The van der Waals surface area contributed by atoms with E-state index in [1.807, 2.05) is 18.2 Å². The first-order valence-electron chi connectivity index (χ1n) is 2.77. The maximum absolute atomic E-state index is 4.96. The molecule has 0 aliphatic heterocycles. The highest BCUT2D eigenvalue weighted by Gasteiger charge is 1.88. The van der Waals surface area contributed by atoms with Gasteiger partial charge in [-0.3, -0.25) is 0 Å². The van der Waals surface area contributed by atoms with Gasteiger partial charge in [-0.1, -0.05) is 30.3 Å². The van der Waals surface area contributed by atoms with Gasteiger partial charge in [-0.2, -0.15) is 0 Å². The Balaban J connectivity index is 2.61. The molecule has 0 bridgehead atoms. The van der Waals surface area contributed by atoms with Gasteiger partial charge in [-0.05, 0) is 5.19 Å². The molecular weight excluding hydrogens is 128 g/mol. The zero-order valence-electron chi connectivity index (χ0n) is 5.29. The summed E-state index contributed by atoms with van der Waals surface area (Å²) >= 11 is 0. The van der Waals surface area contributed by atoms with Gasteiger partial charge < -0.3 is 4.43 Å². The van der Waals surface area contributed by atoms with Gasteiger partial charge in [-0.25, -0.2) is 0 Å². The molecule has 0 fully saturated rings. The molecule has 0 heterocycles. The van der Waals surface area contributed by atoms with Crippen LogP contribution in [0, 0.1) is 0 Å². The summed E-state index contributed by atoms with van der Waals surface area (Å²) in [6.07, 6.45) is 0. The molecule has 46 valence electrons. The fourth-order valence-corrected chi connectivity index (χ4v) is 1.19. The van der Waals surface area contributed by atoms with Crippen molar-refractivity contribution in [3.05, 3.63) is 30.3 Å². The maximum Gasteiger partial charge on any atom is 0.268 e. The van der Waals surface area contributed by atoms with Crippen LogP contribution in [0.25, 0.3) is 0 Å². The number of benzene rings is 1. The average molecular weight is 136 g/mol. The third-order valence-corrected chi connectivity index (χ3v) is 1.77. The van der Waals surface area contributed by atoms with Crippen molar-refractivity contribution in [3.8, 4) is 0 Å². The van der Waals surface area contributed by atoms with Gasteiger partial charge in [0.25, 0.3) is 9.76 Å². The summed E-state index contributed by atoms with van der Waals surface area (Å²) in [5, 5.41) is 1.25. The molecule has 0 amide bonds. The van der Waals surface area contributed by atoms with Gasteiger partial charge in [0.15, 0.2) is 0 Å². The van der Waals surface area contributed by atoms with Gasteiger partial charge in [0.2, 0.25) is 0 Å². The van der Waals surface area contributed by atoms with Crippen LogP contribution in [0.1, 0.15) is 0 Å². The summed E-state index contributed by atoms with van der Waals surface area (Å²) < 4.78 is 4.96. The van der Waals surface area contributed by atoms with Gasteiger partial charge in [0, 0.05) is 7.11 Å². The van der Waals surface area contributed by atoms with Crippen LogP contribution in [0.2, 0.25) is 0 Å². The van der Waals surface area contributed by atoms with Crippen molar-refractivity contribution in [2.24, 2.45) is 0 Å². The largest absolute Gasteiger partial charge is 0.415 e. The first kappa shape index (κ1) is 6.52. The van der Waals surface area contributed by atoms with Crippen molar-refractivity contribution in [2.45, 2.75) is 0 Å². The normalized spacial score (nSPS) is 9.44. The first-order valence-corrected chi connectivity index (χ1v) is 3.68. The quantitative estimate of drug-likeness (QED) is 0.540. The minimum atomic E-state index is 0.487. The van der Waals surface area contributed by atoms with E-state index in [-0.39, 0.29) is 0 Å². The lowest BCUT2D eigenvalue weighted by Gasteiger charge is -1.92. The number of hydrogen-bond donors (Lipinski definition) is 0. The van der Waals surface area contributed by atoms with Crippen LogP contribution in [0.3, 0.4) is 0 Å². The molecule has 2 radical (unpaired) electrons. The Hall–Kier alpha value is -0.603. The summed E-state index contributed by atoms with van der Waals surface area (Å²) in [5.74, 6) is 0. The van der Waals surface area contributed by atoms with Crippen LogP contribution in [-0.2, 0) is 4.43 Å². The van der Waals surface area contributed by atoms with Gasteiger partial charge in [-0.15, -0.1) is 0 Å². The van der Waals surface area contributed by atoms with Crippen molar-refractivity contribution < 1.29 is 4.43 Å². The molecule has 0 atom stereocenters. The SMILES string of the molecule is CO[Si]c1ccccc1. The molecule has 0 spiro atoms. The highest BCUT2D eigenvalue weighted by molar-refractivity contribution is 6.46. The number of rotatable bonds is 2. The molecule has 1 nitrogen and oxygen atoms in total. The Kier molecular flexibility index (Phi) is 2.48. The summed E-state index contributed by atoms with van der Waals surface area (Å²) in [4.78, 5) is 0. The van der Waals surface area contributed by atoms with E-state index in [1.165, 1.54) is 5.19 Å². The molecule has 0 aliphatic carbocycles. The molecule has 0 saturated carbocycles. The van der Waals surface area contributed by atoms with E-state index in [4.69, 9.17) is 4.43 Å². The van der Waals surface area contributed by atoms with E-state index in [0.29, 0.717) is 9.76 Å². The van der Waals surface area contributed by atoms with Crippen LogP contribution in [0.5, 0.6) is 0 Å². The third-order valence-electron chi connectivity index (χ3n) is 0.994. The van der Waals surface area contributed by atoms with Crippen molar-refractivity contribution in [2.75, 3.05) is 7.11 Å². The molecule has 1 aromatic carbocycles. The van der Waals surface area contributed by atoms with E-state index < -0.39 is 0 Å². The highest BCUT2D eigenvalue weighted by Crippen LogP contribution is 1.80. The second-order valence-corrected chi connectivity index (χ2v) is 2.86. The second kappa shape index (κ2) is 3.43. The van der Waals surface area contributed by atoms with Gasteiger partial charge in [0.05, 0.1) is 0 Å².